The zero-order chi connectivity index (χ0) is 15.0. The molecule has 4 unspecified atom stereocenters. The first kappa shape index (κ1) is 14.1. The Morgan fingerprint density at radius 2 is 1.95 bits per heavy atom. The molecule has 1 heterocycles. The van der Waals surface area contributed by atoms with Crippen molar-refractivity contribution in [1.82, 2.24) is 4.90 Å². The number of carboxylic acid groups (broad SMARTS) is 1. The van der Waals surface area contributed by atoms with E-state index in [1.165, 1.54) is 0 Å². The summed E-state index contributed by atoms with van der Waals surface area (Å²) in [6.45, 7) is 2.92. The Morgan fingerprint density at radius 1 is 1.24 bits per heavy atom. The maximum Gasteiger partial charge on any atom is 0.307 e. The molecule has 1 saturated carbocycles. The van der Waals surface area contributed by atoms with Gasteiger partial charge >= 0.3 is 5.97 Å². The van der Waals surface area contributed by atoms with E-state index in [0.29, 0.717) is 19.6 Å². The van der Waals surface area contributed by atoms with E-state index in [1.807, 2.05) is 37.3 Å². The topological polar surface area (TPSA) is 66.8 Å². The van der Waals surface area contributed by atoms with Gasteiger partial charge in [0.05, 0.1) is 31.0 Å². The fourth-order valence-electron chi connectivity index (χ4n) is 2.89. The van der Waals surface area contributed by atoms with E-state index >= 15 is 0 Å². The Hall–Kier alpha value is -1.88. The van der Waals surface area contributed by atoms with E-state index in [-0.39, 0.29) is 24.0 Å². The number of ether oxygens (including phenoxy) is 1. The number of hydrogen-bond donors (Lipinski definition) is 1. The standard InChI is InChI=1S/C16H19NO4/c1-10-9-21-14(11-5-3-2-4-6-11)8-17(10)15(18)12-7-13(12)16(19)20/h2-6,10,12-14H,7-9H2,1H3,(H,19,20). The van der Waals surface area contributed by atoms with Crippen molar-refractivity contribution in [2.45, 2.75) is 25.5 Å². The maximum atomic E-state index is 12.5. The number of nitrogens with zero attached hydrogens (tertiary/aromatic N) is 1. The highest BCUT2D eigenvalue weighted by atomic mass is 16.5. The van der Waals surface area contributed by atoms with Crippen LogP contribution in [0.25, 0.3) is 0 Å². The molecule has 0 bridgehead atoms. The first-order chi connectivity index (χ1) is 10.1. The van der Waals surface area contributed by atoms with Crippen LogP contribution in [0.15, 0.2) is 30.3 Å². The van der Waals surface area contributed by atoms with Gasteiger partial charge in [0.25, 0.3) is 0 Å². The van der Waals surface area contributed by atoms with Gasteiger partial charge in [0.2, 0.25) is 5.91 Å². The summed E-state index contributed by atoms with van der Waals surface area (Å²) in [6, 6.07) is 9.81. The van der Waals surface area contributed by atoms with Gasteiger partial charge in [-0.05, 0) is 18.9 Å². The zero-order valence-electron chi connectivity index (χ0n) is 11.9. The molecule has 4 atom stereocenters. The molecule has 1 aliphatic heterocycles. The summed E-state index contributed by atoms with van der Waals surface area (Å²) >= 11 is 0. The minimum absolute atomic E-state index is 0.00694. The summed E-state index contributed by atoms with van der Waals surface area (Å²) in [7, 11) is 0. The Labute approximate surface area is 123 Å². The van der Waals surface area contributed by atoms with Crippen LogP contribution < -0.4 is 0 Å². The number of hydrogen-bond acceptors (Lipinski definition) is 3. The molecule has 2 fully saturated rings. The summed E-state index contributed by atoms with van der Waals surface area (Å²) in [4.78, 5) is 25.2. The highest BCUT2D eigenvalue weighted by molar-refractivity contribution is 5.89. The van der Waals surface area contributed by atoms with Crippen molar-refractivity contribution in [3.8, 4) is 0 Å². The fraction of sp³-hybridized carbons (Fsp3) is 0.500. The number of carboxylic acids is 1. The minimum atomic E-state index is -0.867. The van der Waals surface area contributed by atoms with Crippen LogP contribution >= 0.6 is 0 Å². The van der Waals surface area contributed by atoms with Crippen molar-refractivity contribution in [3.05, 3.63) is 35.9 Å². The van der Waals surface area contributed by atoms with E-state index in [0.717, 1.165) is 5.56 Å². The smallest absolute Gasteiger partial charge is 0.307 e. The van der Waals surface area contributed by atoms with Crippen molar-refractivity contribution >= 4 is 11.9 Å². The fourth-order valence-corrected chi connectivity index (χ4v) is 2.89. The SMILES string of the molecule is CC1COC(c2ccccc2)CN1C(=O)C1CC1C(=O)O. The third-order valence-electron chi connectivity index (χ3n) is 4.31. The quantitative estimate of drug-likeness (QED) is 0.919. The van der Waals surface area contributed by atoms with Gasteiger partial charge in [-0.1, -0.05) is 30.3 Å². The predicted molar refractivity (Wildman–Crippen MR) is 75.5 cm³/mol. The van der Waals surface area contributed by atoms with Crippen LogP contribution in [0.3, 0.4) is 0 Å². The van der Waals surface area contributed by atoms with Crippen molar-refractivity contribution < 1.29 is 19.4 Å². The van der Waals surface area contributed by atoms with Crippen molar-refractivity contribution in [3.63, 3.8) is 0 Å². The van der Waals surface area contributed by atoms with E-state index in [1.54, 1.807) is 4.90 Å². The average Bonchev–Trinajstić information content (AvgIpc) is 3.29. The average molecular weight is 289 g/mol. The zero-order valence-corrected chi connectivity index (χ0v) is 11.9. The van der Waals surface area contributed by atoms with Crippen LogP contribution in [-0.4, -0.2) is 41.1 Å². The number of morpholine rings is 1. The molecular weight excluding hydrogens is 270 g/mol. The van der Waals surface area contributed by atoms with Gasteiger partial charge in [0.15, 0.2) is 0 Å². The van der Waals surface area contributed by atoms with Crippen molar-refractivity contribution in [2.75, 3.05) is 13.2 Å². The minimum Gasteiger partial charge on any atom is -0.481 e. The Bertz CT molecular complexity index is 544. The molecule has 3 rings (SSSR count). The molecule has 1 aliphatic carbocycles. The summed E-state index contributed by atoms with van der Waals surface area (Å²) in [5.74, 6) is -1.75. The van der Waals surface area contributed by atoms with Gasteiger partial charge in [-0.2, -0.15) is 0 Å². The molecule has 5 heteroatoms. The first-order valence-corrected chi connectivity index (χ1v) is 7.27. The second kappa shape index (κ2) is 5.48. The Balaban J connectivity index is 1.70. The van der Waals surface area contributed by atoms with Crippen LogP contribution in [0.4, 0.5) is 0 Å². The lowest BCUT2D eigenvalue weighted by Gasteiger charge is -2.38. The molecule has 5 nitrogen and oxygen atoms in total. The van der Waals surface area contributed by atoms with E-state index < -0.39 is 11.9 Å². The lowest BCUT2D eigenvalue weighted by atomic mass is 10.1. The third kappa shape index (κ3) is 2.78. The molecule has 0 aromatic heterocycles. The third-order valence-corrected chi connectivity index (χ3v) is 4.31. The Morgan fingerprint density at radius 3 is 2.57 bits per heavy atom. The second-order valence-electron chi connectivity index (χ2n) is 5.86. The molecule has 1 N–H and O–H groups in total. The molecule has 112 valence electrons. The molecule has 1 saturated heterocycles. The normalized spacial score (nSPS) is 31.8. The molecule has 2 aliphatic rings. The molecule has 21 heavy (non-hydrogen) atoms. The number of aliphatic carboxylic acids is 1. The summed E-state index contributed by atoms with van der Waals surface area (Å²) in [5.41, 5.74) is 1.05. The summed E-state index contributed by atoms with van der Waals surface area (Å²) in [6.07, 6.45) is 0.335. The number of rotatable bonds is 3. The molecule has 0 spiro atoms. The molecular formula is C16H19NO4. The van der Waals surface area contributed by atoms with E-state index in [9.17, 15) is 9.59 Å². The van der Waals surface area contributed by atoms with Crippen LogP contribution in [0.1, 0.15) is 25.0 Å². The monoisotopic (exact) mass is 289 g/mol. The molecule has 1 aromatic carbocycles. The highest BCUT2D eigenvalue weighted by Crippen LogP contribution is 2.41. The number of carbonyl (C=O) groups is 2. The van der Waals surface area contributed by atoms with Gasteiger partial charge in [-0.25, -0.2) is 0 Å². The second-order valence-corrected chi connectivity index (χ2v) is 5.86. The van der Waals surface area contributed by atoms with Crippen LogP contribution in [-0.2, 0) is 14.3 Å². The van der Waals surface area contributed by atoms with Gasteiger partial charge < -0.3 is 14.7 Å². The number of amides is 1. The Kier molecular flexibility index (Phi) is 3.68. The number of benzene rings is 1. The van der Waals surface area contributed by atoms with Gasteiger partial charge in [0.1, 0.15) is 6.10 Å². The summed E-state index contributed by atoms with van der Waals surface area (Å²) in [5, 5.41) is 8.97. The molecule has 1 amide bonds. The van der Waals surface area contributed by atoms with Gasteiger partial charge in [0, 0.05) is 0 Å². The molecule has 0 radical (unpaired) electrons. The highest BCUT2D eigenvalue weighted by Gasteiger charge is 2.51. The first-order valence-electron chi connectivity index (χ1n) is 7.27. The molecule has 1 aromatic rings. The van der Waals surface area contributed by atoms with Crippen LogP contribution in [0, 0.1) is 11.8 Å². The lowest BCUT2D eigenvalue weighted by molar-refractivity contribution is -0.149. The van der Waals surface area contributed by atoms with E-state index in [4.69, 9.17) is 9.84 Å². The number of carbonyl (C=O) groups excluding carboxylic acids is 1. The van der Waals surface area contributed by atoms with Crippen LogP contribution in [0.5, 0.6) is 0 Å². The lowest BCUT2D eigenvalue weighted by Crippen LogP contribution is -2.49. The van der Waals surface area contributed by atoms with Crippen molar-refractivity contribution in [1.29, 1.82) is 0 Å². The van der Waals surface area contributed by atoms with Gasteiger partial charge in [-0.3, -0.25) is 9.59 Å². The van der Waals surface area contributed by atoms with E-state index in [2.05, 4.69) is 0 Å². The largest absolute Gasteiger partial charge is 0.481 e. The summed E-state index contributed by atoms with van der Waals surface area (Å²) < 4.78 is 5.82. The predicted octanol–water partition coefficient (Wildman–Crippen LogP) is 1.70. The maximum absolute atomic E-state index is 12.5. The van der Waals surface area contributed by atoms with Crippen LogP contribution in [0.2, 0.25) is 0 Å². The van der Waals surface area contributed by atoms with Gasteiger partial charge in [-0.15, -0.1) is 0 Å². The van der Waals surface area contributed by atoms with Crippen molar-refractivity contribution in [2.24, 2.45) is 11.8 Å².